The maximum atomic E-state index is 12.3. The number of benzene rings is 2. The highest BCUT2D eigenvalue weighted by Crippen LogP contribution is 2.20. The SMILES string of the molecule is C=CCn1c(COc2ccc(CC)cc2)nnc1SCC(=O)Nc1ccc(Br)cc1. The van der Waals surface area contributed by atoms with Crippen molar-refractivity contribution < 1.29 is 9.53 Å². The molecule has 1 amide bonds. The molecule has 0 unspecified atom stereocenters. The van der Waals surface area contributed by atoms with Crippen LogP contribution in [0.2, 0.25) is 0 Å². The predicted molar refractivity (Wildman–Crippen MR) is 124 cm³/mol. The minimum absolute atomic E-state index is 0.107. The molecule has 3 aromatic rings. The van der Waals surface area contributed by atoms with Crippen molar-refractivity contribution in [3.05, 3.63) is 77.0 Å². The first-order chi connectivity index (χ1) is 14.6. The molecule has 0 aliphatic heterocycles. The smallest absolute Gasteiger partial charge is 0.234 e. The first kappa shape index (κ1) is 22.1. The van der Waals surface area contributed by atoms with E-state index in [4.69, 9.17) is 4.74 Å². The molecular formula is C22H23BrN4O2S. The number of allylic oxidation sites excluding steroid dienone is 1. The molecule has 0 aliphatic rings. The van der Waals surface area contributed by atoms with Gasteiger partial charge in [0.15, 0.2) is 11.0 Å². The number of nitrogens with zero attached hydrogens (tertiary/aromatic N) is 3. The fourth-order valence-electron chi connectivity index (χ4n) is 2.67. The van der Waals surface area contributed by atoms with E-state index in [9.17, 15) is 4.79 Å². The van der Waals surface area contributed by atoms with E-state index in [0.717, 1.165) is 22.3 Å². The molecule has 0 atom stereocenters. The molecule has 0 fully saturated rings. The highest BCUT2D eigenvalue weighted by molar-refractivity contribution is 9.10. The van der Waals surface area contributed by atoms with Crippen LogP contribution >= 0.6 is 27.7 Å². The Morgan fingerprint density at radius 3 is 2.60 bits per heavy atom. The van der Waals surface area contributed by atoms with Gasteiger partial charge in [-0.3, -0.25) is 9.36 Å². The van der Waals surface area contributed by atoms with E-state index in [1.807, 2.05) is 41.0 Å². The van der Waals surface area contributed by atoms with Crippen LogP contribution in [0.1, 0.15) is 18.3 Å². The number of carbonyl (C=O) groups excluding carboxylic acids is 1. The lowest BCUT2D eigenvalue weighted by molar-refractivity contribution is -0.113. The fourth-order valence-corrected chi connectivity index (χ4v) is 3.71. The number of aryl methyl sites for hydroxylation is 1. The fraction of sp³-hybridized carbons (Fsp3) is 0.227. The van der Waals surface area contributed by atoms with Crippen LogP contribution in [0.25, 0.3) is 0 Å². The average molecular weight is 487 g/mol. The summed E-state index contributed by atoms with van der Waals surface area (Å²) < 4.78 is 8.73. The summed E-state index contributed by atoms with van der Waals surface area (Å²) in [6.45, 7) is 6.75. The van der Waals surface area contributed by atoms with Crippen molar-refractivity contribution in [3.8, 4) is 5.75 Å². The number of rotatable bonds is 10. The Bertz CT molecular complexity index is 987. The second kappa shape index (κ2) is 11.0. The van der Waals surface area contributed by atoms with Gasteiger partial charge in [-0.1, -0.05) is 52.8 Å². The number of nitrogens with one attached hydrogen (secondary N) is 1. The summed E-state index contributed by atoms with van der Waals surface area (Å²) in [5, 5.41) is 12.0. The van der Waals surface area contributed by atoms with Crippen LogP contribution < -0.4 is 10.1 Å². The van der Waals surface area contributed by atoms with E-state index in [0.29, 0.717) is 17.5 Å². The predicted octanol–water partition coefficient (Wildman–Crippen LogP) is 5.10. The summed E-state index contributed by atoms with van der Waals surface area (Å²) in [5.41, 5.74) is 2.01. The number of thioether (sulfide) groups is 1. The van der Waals surface area contributed by atoms with Crippen LogP contribution in [0.4, 0.5) is 5.69 Å². The zero-order chi connectivity index (χ0) is 21.3. The van der Waals surface area contributed by atoms with Gasteiger partial charge >= 0.3 is 0 Å². The molecule has 1 heterocycles. The van der Waals surface area contributed by atoms with Crippen molar-refractivity contribution in [1.82, 2.24) is 14.8 Å². The zero-order valence-corrected chi connectivity index (χ0v) is 19.1. The Labute approximate surface area is 188 Å². The second-order valence-corrected chi connectivity index (χ2v) is 8.29. The summed E-state index contributed by atoms with van der Waals surface area (Å²) in [5.74, 6) is 1.59. The number of hydrogen-bond acceptors (Lipinski definition) is 5. The number of amides is 1. The Hall–Kier alpha value is -2.58. The van der Waals surface area contributed by atoms with Gasteiger partial charge in [-0.2, -0.15) is 0 Å². The highest BCUT2D eigenvalue weighted by atomic mass is 79.9. The minimum Gasteiger partial charge on any atom is -0.486 e. The molecule has 0 radical (unpaired) electrons. The molecule has 1 N–H and O–H groups in total. The van der Waals surface area contributed by atoms with Gasteiger partial charge in [-0.05, 0) is 48.4 Å². The van der Waals surface area contributed by atoms with Crippen molar-refractivity contribution in [2.24, 2.45) is 0 Å². The highest BCUT2D eigenvalue weighted by Gasteiger charge is 2.14. The Morgan fingerprint density at radius 1 is 1.20 bits per heavy atom. The molecule has 8 heteroatoms. The van der Waals surface area contributed by atoms with E-state index < -0.39 is 0 Å². The van der Waals surface area contributed by atoms with E-state index in [-0.39, 0.29) is 18.3 Å². The van der Waals surface area contributed by atoms with E-state index in [1.54, 1.807) is 6.08 Å². The second-order valence-electron chi connectivity index (χ2n) is 6.43. The molecule has 6 nitrogen and oxygen atoms in total. The van der Waals surface area contributed by atoms with Crippen LogP contribution in [0.5, 0.6) is 5.75 Å². The summed E-state index contributed by atoms with van der Waals surface area (Å²) in [6, 6.07) is 15.5. The molecule has 1 aromatic heterocycles. The maximum Gasteiger partial charge on any atom is 0.234 e. The molecule has 0 spiro atoms. The summed E-state index contributed by atoms with van der Waals surface area (Å²) >= 11 is 4.71. The van der Waals surface area contributed by atoms with Crippen LogP contribution in [-0.2, 0) is 24.4 Å². The Morgan fingerprint density at radius 2 is 1.93 bits per heavy atom. The van der Waals surface area contributed by atoms with Crippen LogP contribution in [0, 0.1) is 0 Å². The lowest BCUT2D eigenvalue weighted by Crippen LogP contribution is -2.15. The largest absolute Gasteiger partial charge is 0.486 e. The number of halogens is 1. The standard InChI is InChI=1S/C22H23BrN4O2S/c1-3-13-27-20(14-29-19-11-5-16(4-2)6-12-19)25-26-22(27)30-15-21(28)24-18-9-7-17(23)8-10-18/h3,5-12H,1,4,13-15H2,2H3,(H,24,28). The third-order valence-corrected chi connectivity index (χ3v) is 5.76. The number of carbonyl (C=O) groups is 1. The van der Waals surface area contributed by atoms with Crippen molar-refractivity contribution in [3.63, 3.8) is 0 Å². The summed E-state index contributed by atoms with van der Waals surface area (Å²) in [4.78, 5) is 12.3. The molecule has 3 rings (SSSR count). The van der Waals surface area contributed by atoms with Gasteiger partial charge in [0.2, 0.25) is 5.91 Å². The van der Waals surface area contributed by atoms with Crippen LogP contribution in [0.15, 0.2) is 70.8 Å². The molecule has 30 heavy (non-hydrogen) atoms. The quantitative estimate of drug-likeness (QED) is 0.318. The van der Waals surface area contributed by atoms with E-state index >= 15 is 0 Å². The van der Waals surface area contributed by atoms with Crippen molar-refractivity contribution in [2.45, 2.75) is 31.7 Å². The van der Waals surface area contributed by atoms with Gasteiger partial charge in [0.1, 0.15) is 12.4 Å². The van der Waals surface area contributed by atoms with E-state index in [1.165, 1.54) is 17.3 Å². The van der Waals surface area contributed by atoms with Crippen LogP contribution in [-0.4, -0.2) is 26.4 Å². The third kappa shape index (κ3) is 6.21. The number of hydrogen-bond donors (Lipinski definition) is 1. The van der Waals surface area contributed by atoms with Gasteiger partial charge in [0.25, 0.3) is 0 Å². The third-order valence-electron chi connectivity index (χ3n) is 4.27. The molecule has 0 aliphatic carbocycles. The molecule has 0 bridgehead atoms. The minimum atomic E-state index is -0.107. The summed E-state index contributed by atoms with van der Waals surface area (Å²) in [6.07, 6.45) is 2.76. The van der Waals surface area contributed by atoms with Gasteiger partial charge in [0.05, 0.1) is 5.75 Å². The van der Waals surface area contributed by atoms with Gasteiger partial charge in [0, 0.05) is 16.7 Å². The molecule has 156 valence electrons. The first-order valence-corrected chi connectivity index (χ1v) is 11.3. The Balaban J connectivity index is 1.59. The van der Waals surface area contributed by atoms with Gasteiger partial charge in [-0.25, -0.2) is 0 Å². The number of aromatic nitrogens is 3. The van der Waals surface area contributed by atoms with Crippen molar-refractivity contribution in [1.29, 1.82) is 0 Å². The molecule has 2 aromatic carbocycles. The van der Waals surface area contributed by atoms with Gasteiger partial charge in [-0.15, -0.1) is 16.8 Å². The summed E-state index contributed by atoms with van der Waals surface area (Å²) in [7, 11) is 0. The lowest BCUT2D eigenvalue weighted by atomic mass is 10.2. The molecule has 0 saturated carbocycles. The Kier molecular flexibility index (Phi) is 8.10. The van der Waals surface area contributed by atoms with Crippen LogP contribution in [0.3, 0.4) is 0 Å². The normalized spacial score (nSPS) is 10.6. The van der Waals surface area contributed by atoms with E-state index in [2.05, 4.69) is 57.1 Å². The van der Waals surface area contributed by atoms with Gasteiger partial charge < -0.3 is 10.1 Å². The van der Waals surface area contributed by atoms with Crippen molar-refractivity contribution in [2.75, 3.05) is 11.1 Å². The zero-order valence-electron chi connectivity index (χ0n) is 16.7. The maximum absolute atomic E-state index is 12.3. The molecular weight excluding hydrogens is 464 g/mol. The molecule has 0 saturated heterocycles. The number of ether oxygens (including phenoxy) is 1. The topological polar surface area (TPSA) is 69.0 Å². The first-order valence-electron chi connectivity index (χ1n) is 9.52. The number of anilines is 1. The van der Waals surface area contributed by atoms with Crippen molar-refractivity contribution >= 4 is 39.3 Å². The lowest BCUT2D eigenvalue weighted by Gasteiger charge is -2.10. The average Bonchev–Trinajstić information content (AvgIpc) is 3.14. The monoisotopic (exact) mass is 486 g/mol.